The van der Waals surface area contributed by atoms with Gasteiger partial charge in [-0.3, -0.25) is 0 Å². The third-order valence-corrected chi connectivity index (χ3v) is 4.11. The van der Waals surface area contributed by atoms with Gasteiger partial charge in [0.25, 0.3) is 0 Å². The Morgan fingerprint density at radius 1 is 1.57 bits per heavy atom. The van der Waals surface area contributed by atoms with Gasteiger partial charge < -0.3 is 5.32 Å². The van der Waals surface area contributed by atoms with Crippen molar-refractivity contribution in [3.05, 3.63) is 21.9 Å². The van der Waals surface area contributed by atoms with Crippen LogP contribution < -0.4 is 5.32 Å². The summed E-state index contributed by atoms with van der Waals surface area (Å²) in [6.07, 6.45) is 1.26. The lowest BCUT2D eigenvalue weighted by Gasteiger charge is -2.14. The Kier molecular flexibility index (Phi) is 3.69. The highest BCUT2D eigenvalue weighted by Gasteiger charge is 2.18. The Hall–Kier alpha value is -0.390. The number of sulfone groups is 1. The summed E-state index contributed by atoms with van der Waals surface area (Å²) in [4.78, 5) is 1.11. The van der Waals surface area contributed by atoms with Crippen LogP contribution in [0.1, 0.15) is 16.5 Å². The molecule has 1 heterocycles. The standard InChI is InChI=1S/C9H15NO2S2/c1-7-4-5-13-9(7)8(10-2)6-14(3,11)12/h4-5,8,10H,6H2,1-3H3. The first-order valence-electron chi connectivity index (χ1n) is 4.33. The Labute approximate surface area is 89.1 Å². The molecule has 1 aromatic heterocycles. The Bertz CT molecular complexity index is 395. The Morgan fingerprint density at radius 3 is 2.57 bits per heavy atom. The molecule has 80 valence electrons. The van der Waals surface area contributed by atoms with E-state index in [0.717, 1.165) is 10.4 Å². The minimum absolute atomic E-state index is 0.0787. The minimum Gasteiger partial charge on any atom is -0.311 e. The number of thiophene rings is 1. The molecule has 1 unspecified atom stereocenters. The monoisotopic (exact) mass is 233 g/mol. The van der Waals surface area contributed by atoms with Gasteiger partial charge in [0.1, 0.15) is 9.84 Å². The molecule has 0 aromatic carbocycles. The highest BCUT2D eigenvalue weighted by molar-refractivity contribution is 7.90. The topological polar surface area (TPSA) is 46.2 Å². The predicted molar refractivity (Wildman–Crippen MR) is 60.6 cm³/mol. The van der Waals surface area contributed by atoms with Crippen molar-refractivity contribution in [2.45, 2.75) is 13.0 Å². The maximum atomic E-state index is 11.2. The fourth-order valence-corrected chi connectivity index (χ4v) is 3.42. The van der Waals surface area contributed by atoms with Crippen LogP contribution in [0.2, 0.25) is 0 Å². The second kappa shape index (κ2) is 4.42. The lowest BCUT2D eigenvalue weighted by Crippen LogP contribution is -2.24. The summed E-state index contributed by atoms with van der Waals surface area (Å²) in [6.45, 7) is 2.00. The molecule has 3 nitrogen and oxygen atoms in total. The molecule has 0 aliphatic rings. The zero-order chi connectivity index (χ0) is 10.8. The molecule has 1 rings (SSSR count). The molecule has 0 aliphatic heterocycles. The van der Waals surface area contributed by atoms with E-state index in [-0.39, 0.29) is 11.8 Å². The van der Waals surface area contributed by atoms with Crippen molar-refractivity contribution in [1.29, 1.82) is 0 Å². The second-order valence-corrected chi connectivity index (χ2v) is 6.53. The first kappa shape index (κ1) is 11.7. The number of nitrogens with one attached hydrogen (secondary N) is 1. The normalized spacial score (nSPS) is 14.2. The van der Waals surface area contributed by atoms with Gasteiger partial charge in [-0.2, -0.15) is 0 Å². The fraction of sp³-hybridized carbons (Fsp3) is 0.556. The summed E-state index contributed by atoms with van der Waals surface area (Å²) in [6, 6.07) is 1.93. The molecular formula is C9H15NO2S2. The number of hydrogen-bond donors (Lipinski definition) is 1. The smallest absolute Gasteiger partial charge is 0.149 e. The van der Waals surface area contributed by atoms with Crippen molar-refractivity contribution in [1.82, 2.24) is 5.32 Å². The van der Waals surface area contributed by atoms with Gasteiger partial charge in [-0.15, -0.1) is 11.3 Å². The third-order valence-electron chi connectivity index (χ3n) is 2.04. The largest absolute Gasteiger partial charge is 0.311 e. The van der Waals surface area contributed by atoms with Crippen molar-refractivity contribution in [3.63, 3.8) is 0 Å². The fourth-order valence-electron chi connectivity index (χ4n) is 1.33. The predicted octanol–water partition coefficient (Wildman–Crippen LogP) is 1.36. The van der Waals surface area contributed by atoms with Gasteiger partial charge in [-0.1, -0.05) is 0 Å². The van der Waals surface area contributed by atoms with Gasteiger partial charge in [0.15, 0.2) is 0 Å². The molecule has 0 saturated heterocycles. The molecule has 0 saturated carbocycles. The SMILES string of the molecule is CNC(CS(C)(=O)=O)c1sccc1C. The molecule has 0 radical (unpaired) electrons. The molecule has 0 aliphatic carbocycles. The molecule has 0 bridgehead atoms. The van der Waals surface area contributed by atoms with E-state index in [2.05, 4.69) is 5.32 Å². The Morgan fingerprint density at radius 2 is 2.21 bits per heavy atom. The van der Waals surface area contributed by atoms with Crippen LogP contribution in [0.5, 0.6) is 0 Å². The summed E-state index contributed by atoms with van der Waals surface area (Å²) in [7, 11) is -1.15. The van der Waals surface area contributed by atoms with Crippen molar-refractivity contribution in [2.75, 3.05) is 19.1 Å². The van der Waals surface area contributed by atoms with E-state index >= 15 is 0 Å². The molecule has 5 heteroatoms. The Balaban J connectivity index is 2.89. The lowest BCUT2D eigenvalue weighted by atomic mass is 10.2. The zero-order valence-electron chi connectivity index (χ0n) is 8.57. The quantitative estimate of drug-likeness (QED) is 0.854. The average molecular weight is 233 g/mol. The van der Waals surface area contributed by atoms with Crippen molar-refractivity contribution in [2.24, 2.45) is 0 Å². The van der Waals surface area contributed by atoms with E-state index in [1.54, 1.807) is 18.4 Å². The first-order chi connectivity index (χ1) is 6.44. The van der Waals surface area contributed by atoms with Crippen molar-refractivity contribution >= 4 is 21.2 Å². The summed E-state index contributed by atoms with van der Waals surface area (Å²) in [5.74, 6) is 0.158. The molecule has 1 N–H and O–H groups in total. The van der Waals surface area contributed by atoms with Gasteiger partial charge in [0.2, 0.25) is 0 Å². The van der Waals surface area contributed by atoms with Crippen LogP contribution in [0.25, 0.3) is 0 Å². The highest BCUT2D eigenvalue weighted by Crippen LogP contribution is 2.24. The van der Waals surface area contributed by atoms with Crippen molar-refractivity contribution < 1.29 is 8.42 Å². The summed E-state index contributed by atoms with van der Waals surface area (Å²) >= 11 is 1.60. The van der Waals surface area contributed by atoms with Crippen LogP contribution in [0.4, 0.5) is 0 Å². The van der Waals surface area contributed by atoms with Crippen LogP contribution in [0.3, 0.4) is 0 Å². The molecule has 14 heavy (non-hydrogen) atoms. The van der Waals surface area contributed by atoms with Gasteiger partial charge in [0.05, 0.1) is 11.8 Å². The summed E-state index contributed by atoms with van der Waals surface area (Å²) < 4.78 is 22.3. The third kappa shape index (κ3) is 3.08. The average Bonchev–Trinajstić information content (AvgIpc) is 2.45. The molecule has 0 spiro atoms. The van der Waals surface area contributed by atoms with E-state index in [1.807, 2.05) is 18.4 Å². The van der Waals surface area contributed by atoms with Gasteiger partial charge in [-0.25, -0.2) is 8.42 Å². The van der Waals surface area contributed by atoms with E-state index < -0.39 is 9.84 Å². The maximum absolute atomic E-state index is 11.2. The van der Waals surface area contributed by atoms with Crippen LogP contribution in [-0.2, 0) is 9.84 Å². The highest BCUT2D eigenvalue weighted by atomic mass is 32.2. The van der Waals surface area contributed by atoms with Crippen LogP contribution in [0.15, 0.2) is 11.4 Å². The molecular weight excluding hydrogens is 218 g/mol. The summed E-state index contributed by atoms with van der Waals surface area (Å²) in [5.41, 5.74) is 1.15. The molecule has 0 fully saturated rings. The van der Waals surface area contributed by atoms with E-state index in [4.69, 9.17) is 0 Å². The van der Waals surface area contributed by atoms with Crippen molar-refractivity contribution in [3.8, 4) is 0 Å². The first-order valence-corrected chi connectivity index (χ1v) is 7.27. The maximum Gasteiger partial charge on any atom is 0.149 e. The van der Waals surface area contributed by atoms with Gasteiger partial charge in [-0.05, 0) is 31.0 Å². The number of hydrogen-bond acceptors (Lipinski definition) is 4. The number of aryl methyl sites for hydroxylation is 1. The van der Waals surface area contributed by atoms with E-state index in [0.29, 0.717) is 0 Å². The van der Waals surface area contributed by atoms with Crippen LogP contribution in [0, 0.1) is 6.92 Å². The molecule has 0 amide bonds. The van der Waals surface area contributed by atoms with Crippen LogP contribution >= 0.6 is 11.3 Å². The van der Waals surface area contributed by atoms with E-state index in [1.165, 1.54) is 6.26 Å². The lowest BCUT2D eigenvalue weighted by molar-refractivity contribution is 0.581. The summed E-state index contributed by atoms with van der Waals surface area (Å²) in [5, 5.41) is 5.02. The molecule has 1 aromatic rings. The zero-order valence-corrected chi connectivity index (χ0v) is 10.2. The number of rotatable bonds is 4. The van der Waals surface area contributed by atoms with Crippen LogP contribution in [-0.4, -0.2) is 27.5 Å². The second-order valence-electron chi connectivity index (χ2n) is 3.40. The van der Waals surface area contributed by atoms with Gasteiger partial charge in [0, 0.05) is 11.1 Å². The van der Waals surface area contributed by atoms with Gasteiger partial charge >= 0.3 is 0 Å². The minimum atomic E-state index is -2.93. The molecule has 1 atom stereocenters. The van der Waals surface area contributed by atoms with E-state index in [9.17, 15) is 8.42 Å².